The molecule has 1 aliphatic heterocycles. The molecule has 2 aliphatic carbocycles. The van der Waals surface area contributed by atoms with Gasteiger partial charge in [0.2, 0.25) is 17.4 Å². The molecule has 3 atom stereocenters. The highest BCUT2D eigenvalue weighted by Crippen LogP contribution is 2.46. The molecule has 5 amide bonds. The Morgan fingerprint density at radius 3 is 2.49 bits per heavy atom. The highest BCUT2D eigenvalue weighted by atomic mass is 16.6. The SMILES string of the molecule is C[C@@H](C1CC1)N(Cc1ccccc1)C(=O)CN1C(=O)OC2(CCc3cc(NC(=O)C(CO)NC(=O)OC(C)(C)C)ccc32)C1=O. The quantitative estimate of drug-likeness (QED) is 0.365. The Bertz CT molecular complexity index is 1490. The van der Waals surface area contributed by atoms with Crippen LogP contribution >= 0.6 is 0 Å². The summed E-state index contributed by atoms with van der Waals surface area (Å²) in [7, 11) is 0. The third-order valence-corrected chi connectivity index (χ3v) is 8.42. The van der Waals surface area contributed by atoms with Crippen molar-refractivity contribution in [2.75, 3.05) is 18.5 Å². The molecule has 3 N–H and O–H groups in total. The van der Waals surface area contributed by atoms with E-state index >= 15 is 0 Å². The van der Waals surface area contributed by atoms with Gasteiger partial charge in [-0.1, -0.05) is 36.4 Å². The van der Waals surface area contributed by atoms with Crippen LogP contribution in [0.2, 0.25) is 0 Å². The zero-order chi connectivity index (χ0) is 32.5. The highest BCUT2D eigenvalue weighted by Gasteiger charge is 2.58. The van der Waals surface area contributed by atoms with Crippen molar-refractivity contribution in [2.24, 2.45) is 5.92 Å². The van der Waals surface area contributed by atoms with E-state index < -0.39 is 54.4 Å². The van der Waals surface area contributed by atoms with Gasteiger partial charge in [0.1, 0.15) is 18.2 Å². The Kier molecular flexibility index (Phi) is 8.88. The number of aliphatic hydroxyl groups excluding tert-OH is 1. The van der Waals surface area contributed by atoms with E-state index in [0.29, 0.717) is 35.7 Å². The molecule has 45 heavy (non-hydrogen) atoms. The number of hydrogen-bond acceptors (Lipinski definition) is 8. The van der Waals surface area contributed by atoms with Gasteiger partial charge in [-0.25, -0.2) is 14.5 Å². The van der Waals surface area contributed by atoms with Crippen LogP contribution in [0.25, 0.3) is 0 Å². The standard InChI is InChI=1S/C33H40N4O8/c1-20(22-10-11-22)36(17-21-8-6-5-7-9-21)27(39)18-37-29(41)33(45-31(37)43)15-14-23-16-24(12-13-25(23)33)34-28(40)26(19-38)35-30(42)44-32(2,3)4/h5-9,12-13,16,20,22,26,38H,10-11,14-15,17-19H2,1-4H3,(H,34,40)(H,35,42)/t20-,26?,33?/m0/s1. The number of imide groups is 1. The molecule has 5 rings (SSSR count). The normalized spacial score (nSPS) is 20.3. The Hall–Kier alpha value is -4.45. The minimum Gasteiger partial charge on any atom is -0.444 e. The fraction of sp³-hybridized carbons (Fsp3) is 0.485. The van der Waals surface area contributed by atoms with Crippen molar-refractivity contribution in [2.45, 2.75) is 83.2 Å². The average Bonchev–Trinajstić information content (AvgIpc) is 3.74. The molecule has 2 fully saturated rings. The van der Waals surface area contributed by atoms with Crippen LogP contribution in [0.5, 0.6) is 0 Å². The smallest absolute Gasteiger partial charge is 0.418 e. The lowest BCUT2D eigenvalue weighted by atomic mass is 9.94. The van der Waals surface area contributed by atoms with Gasteiger partial charge >= 0.3 is 12.2 Å². The number of alkyl carbamates (subject to hydrolysis) is 1. The van der Waals surface area contributed by atoms with Crippen LogP contribution in [0.4, 0.5) is 15.3 Å². The van der Waals surface area contributed by atoms with Crippen LogP contribution in [0.3, 0.4) is 0 Å². The van der Waals surface area contributed by atoms with Crippen LogP contribution in [-0.2, 0) is 42.4 Å². The van der Waals surface area contributed by atoms with Crippen molar-refractivity contribution in [3.63, 3.8) is 0 Å². The number of fused-ring (bicyclic) bond motifs is 2. The number of benzene rings is 2. The summed E-state index contributed by atoms with van der Waals surface area (Å²) in [4.78, 5) is 68.0. The summed E-state index contributed by atoms with van der Waals surface area (Å²) in [6.45, 7) is 6.35. The number of carbonyl (C=O) groups excluding carboxylic acids is 5. The van der Waals surface area contributed by atoms with Crippen LogP contribution < -0.4 is 10.6 Å². The molecule has 0 aromatic heterocycles. The Morgan fingerprint density at radius 2 is 1.84 bits per heavy atom. The van der Waals surface area contributed by atoms with Crippen molar-refractivity contribution in [1.82, 2.24) is 15.1 Å². The maximum atomic E-state index is 13.8. The van der Waals surface area contributed by atoms with Gasteiger partial charge < -0.3 is 30.1 Å². The summed E-state index contributed by atoms with van der Waals surface area (Å²) in [5, 5.41) is 14.7. The van der Waals surface area contributed by atoms with Crippen LogP contribution in [0, 0.1) is 5.92 Å². The Balaban J connectivity index is 1.27. The molecule has 1 saturated heterocycles. The molecule has 2 aromatic carbocycles. The summed E-state index contributed by atoms with van der Waals surface area (Å²) in [6.07, 6.45) is 0.944. The first-order chi connectivity index (χ1) is 21.3. The molecule has 1 saturated carbocycles. The summed E-state index contributed by atoms with van der Waals surface area (Å²) >= 11 is 0. The molecular formula is C33H40N4O8. The van der Waals surface area contributed by atoms with E-state index in [0.717, 1.165) is 23.3 Å². The fourth-order valence-electron chi connectivity index (χ4n) is 5.90. The fourth-order valence-corrected chi connectivity index (χ4v) is 5.90. The second-order valence-corrected chi connectivity index (χ2v) is 12.9. The molecule has 240 valence electrons. The number of hydrogen-bond donors (Lipinski definition) is 3. The van der Waals surface area contributed by atoms with Crippen LogP contribution in [0.1, 0.15) is 63.6 Å². The predicted octanol–water partition coefficient (Wildman–Crippen LogP) is 3.46. The zero-order valence-corrected chi connectivity index (χ0v) is 26.0. The van der Waals surface area contributed by atoms with Gasteiger partial charge in [0.05, 0.1) is 6.61 Å². The zero-order valence-electron chi connectivity index (χ0n) is 26.0. The van der Waals surface area contributed by atoms with Gasteiger partial charge in [0.15, 0.2) is 0 Å². The Morgan fingerprint density at radius 1 is 1.13 bits per heavy atom. The lowest BCUT2D eigenvalue weighted by Crippen LogP contribution is -2.47. The third-order valence-electron chi connectivity index (χ3n) is 8.42. The van der Waals surface area contributed by atoms with Crippen molar-refractivity contribution in [1.29, 1.82) is 0 Å². The molecule has 2 unspecified atom stereocenters. The number of anilines is 1. The van der Waals surface area contributed by atoms with E-state index in [2.05, 4.69) is 10.6 Å². The topological polar surface area (TPSA) is 155 Å². The molecule has 2 aromatic rings. The van der Waals surface area contributed by atoms with E-state index in [1.54, 1.807) is 43.9 Å². The number of carbonyl (C=O) groups is 5. The molecule has 12 nitrogen and oxygen atoms in total. The number of nitrogens with zero attached hydrogens (tertiary/aromatic N) is 2. The second kappa shape index (κ2) is 12.5. The molecule has 0 bridgehead atoms. The molecular weight excluding hydrogens is 580 g/mol. The lowest BCUT2D eigenvalue weighted by molar-refractivity contribution is -0.143. The summed E-state index contributed by atoms with van der Waals surface area (Å²) in [6, 6.07) is 13.1. The third kappa shape index (κ3) is 6.95. The summed E-state index contributed by atoms with van der Waals surface area (Å²) < 4.78 is 10.9. The lowest BCUT2D eigenvalue weighted by Gasteiger charge is -2.30. The minimum atomic E-state index is -1.55. The number of amides is 5. The monoisotopic (exact) mass is 620 g/mol. The van der Waals surface area contributed by atoms with E-state index in [1.165, 1.54) is 0 Å². The van der Waals surface area contributed by atoms with Gasteiger partial charge in [-0.3, -0.25) is 14.4 Å². The van der Waals surface area contributed by atoms with Crippen molar-refractivity contribution >= 4 is 35.6 Å². The first kappa shape index (κ1) is 32.0. The van der Waals surface area contributed by atoms with E-state index in [4.69, 9.17) is 9.47 Å². The van der Waals surface area contributed by atoms with E-state index in [9.17, 15) is 29.1 Å². The van der Waals surface area contributed by atoms with E-state index in [1.807, 2.05) is 37.3 Å². The van der Waals surface area contributed by atoms with Gasteiger partial charge in [-0.15, -0.1) is 0 Å². The largest absolute Gasteiger partial charge is 0.444 e. The van der Waals surface area contributed by atoms with Crippen molar-refractivity contribution in [3.05, 3.63) is 65.2 Å². The number of rotatable bonds is 10. The van der Waals surface area contributed by atoms with Gasteiger partial charge in [0, 0.05) is 30.3 Å². The summed E-state index contributed by atoms with van der Waals surface area (Å²) in [5.41, 5.74) is 0.186. The highest BCUT2D eigenvalue weighted by molar-refractivity contribution is 6.06. The molecule has 3 aliphatic rings. The van der Waals surface area contributed by atoms with Gasteiger partial charge in [-0.05, 0) is 76.1 Å². The average molecular weight is 621 g/mol. The minimum absolute atomic E-state index is 0.0361. The van der Waals surface area contributed by atoms with Gasteiger partial charge in [-0.2, -0.15) is 0 Å². The van der Waals surface area contributed by atoms with Crippen LogP contribution in [-0.4, -0.2) is 75.7 Å². The molecule has 12 heteroatoms. The Labute approximate surface area is 262 Å². The van der Waals surface area contributed by atoms with Crippen molar-refractivity contribution < 1.29 is 38.6 Å². The van der Waals surface area contributed by atoms with E-state index in [-0.39, 0.29) is 18.4 Å². The molecule has 1 heterocycles. The first-order valence-corrected chi connectivity index (χ1v) is 15.2. The van der Waals surface area contributed by atoms with Gasteiger partial charge in [0.25, 0.3) is 5.91 Å². The number of aryl methyl sites for hydroxylation is 1. The maximum absolute atomic E-state index is 13.8. The predicted molar refractivity (Wildman–Crippen MR) is 163 cm³/mol. The molecule has 1 spiro atoms. The summed E-state index contributed by atoms with van der Waals surface area (Å²) in [5.74, 6) is -1.18. The van der Waals surface area contributed by atoms with Crippen molar-refractivity contribution in [3.8, 4) is 0 Å². The number of ether oxygens (including phenoxy) is 2. The van der Waals surface area contributed by atoms with Crippen LogP contribution in [0.15, 0.2) is 48.5 Å². The first-order valence-electron chi connectivity index (χ1n) is 15.2. The number of nitrogens with one attached hydrogen (secondary N) is 2. The maximum Gasteiger partial charge on any atom is 0.418 e. The number of aliphatic hydroxyl groups is 1. The molecule has 0 radical (unpaired) electrons. The second-order valence-electron chi connectivity index (χ2n) is 12.9.